The molecular formula is C18H16FN5O3. The Labute approximate surface area is 153 Å². The van der Waals surface area contributed by atoms with Gasteiger partial charge in [0.2, 0.25) is 0 Å². The first kappa shape index (κ1) is 17.0. The minimum absolute atomic E-state index is 0.0618. The van der Waals surface area contributed by atoms with E-state index in [1.54, 1.807) is 24.0 Å². The fraction of sp³-hybridized carbons (Fsp3) is 0.222. The van der Waals surface area contributed by atoms with Crippen LogP contribution in [0.1, 0.15) is 37.9 Å². The molecule has 1 aliphatic heterocycles. The Morgan fingerprint density at radius 1 is 1.22 bits per heavy atom. The van der Waals surface area contributed by atoms with E-state index in [4.69, 9.17) is 0 Å². The fourth-order valence-electron chi connectivity index (χ4n) is 3.21. The molecule has 8 nitrogen and oxygen atoms in total. The molecule has 2 aromatic heterocycles. The molecule has 3 aromatic rings. The third-order valence-corrected chi connectivity index (χ3v) is 4.63. The first-order valence-corrected chi connectivity index (χ1v) is 8.35. The summed E-state index contributed by atoms with van der Waals surface area (Å²) in [6.45, 7) is 2.33. The highest BCUT2D eigenvalue weighted by molar-refractivity contribution is 5.94. The lowest BCUT2D eigenvalue weighted by molar-refractivity contribution is 0.0673. The van der Waals surface area contributed by atoms with Crippen molar-refractivity contribution in [1.29, 1.82) is 0 Å². The average molecular weight is 369 g/mol. The van der Waals surface area contributed by atoms with Gasteiger partial charge in [-0.25, -0.2) is 14.2 Å². The number of rotatable bonds is 3. The van der Waals surface area contributed by atoms with Gasteiger partial charge in [0, 0.05) is 35.5 Å². The highest BCUT2D eigenvalue weighted by Gasteiger charge is 2.30. The summed E-state index contributed by atoms with van der Waals surface area (Å²) in [5.41, 5.74) is 2.72. The predicted octanol–water partition coefficient (Wildman–Crippen LogP) is 2.14. The van der Waals surface area contributed by atoms with E-state index in [9.17, 15) is 19.1 Å². The average Bonchev–Trinajstić information content (AvgIpc) is 3.25. The summed E-state index contributed by atoms with van der Waals surface area (Å²) in [4.78, 5) is 33.2. The van der Waals surface area contributed by atoms with Crippen LogP contribution in [0.4, 0.5) is 4.39 Å². The van der Waals surface area contributed by atoms with Gasteiger partial charge in [0.15, 0.2) is 5.69 Å². The topological polar surface area (TPSA) is 115 Å². The molecule has 3 heterocycles. The van der Waals surface area contributed by atoms with Crippen LogP contribution in [0.25, 0.3) is 11.4 Å². The Morgan fingerprint density at radius 2 is 1.96 bits per heavy atom. The lowest BCUT2D eigenvalue weighted by Crippen LogP contribution is -2.36. The molecule has 4 rings (SSSR count). The SMILES string of the molecule is Cc1[nH]c(-c2ccc(F)cc2)nc1C(=O)N1CCc2[nH]nc(C(=O)O)c2C1. The normalized spacial score (nSPS) is 13.5. The van der Waals surface area contributed by atoms with Crippen LogP contribution in [0.5, 0.6) is 0 Å². The number of aromatic carboxylic acids is 1. The maximum atomic E-state index is 13.1. The van der Waals surface area contributed by atoms with Gasteiger partial charge in [0.1, 0.15) is 17.3 Å². The molecule has 0 spiro atoms. The van der Waals surface area contributed by atoms with E-state index in [-0.39, 0.29) is 29.7 Å². The maximum Gasteiger partial charge on any atom is 0.356 e. The first-order chi connectivity index (χ1) is 12.9. The van der Waals surface area contributed by atoms with E-state index in [2.05, 4.69) is 20.2 Å². The number of hydrogen-bond donors (Lipinski definition) is 3. The Hall–Kier alpha value is -3.49. The summed E-state index contributed by atoms with van der Waals surface area (Å²) < 4.78 is 13.1. The Kier molecular flexibility index (Phi) is 3.98. The number of carboxylic acids is 1. The van der Waals surface area contributed by atoms with E-state index in [1.165, 1.54) is 12.1 Å². The molecule has 0 aliphatic carbocycles. The zero-order valence-electron chi connectivity index (χ0n) is 14.4. The minimum atomic E-state index is -1.13. The number of carbonyl (C=O) groups excluding carboxylic acids is 1. The molecule has 0 fully saturated rings. The van der Waals surface area contributed by atoms with Gasteiger partial charge in [-0.1, -0.05) is 0 Å². The van der Waals surface area contributed by atoms with Gasteiger partial charge in [-0.05, 0) is 31.2 Å². The monoisotopic (exact) mass is 369 g/mol. The minimum Gasteiger partial charge on any atom is -0.476 e. The van der Waals surface area contributed by atoms with Crippen LogP contribution >= 0.6 is 0 Å². The number of amides is 1. The number of aromatic nitrogens is 4. The highest BCUT2D eigenvalue weighted by atomic mass is 19.1. The Balaban J connectivity index is 1.61. The Morgan fingerprint density at radius 3 is 2.67 bits per heavy atom. The van der Waals surface area contributed by atoms with E-state index < -0.39 is 5.97 Å². The lowest BCUT2D eigenvalue weighted by atomic mass is 10.0. The molecule has 0 atom stereocenters. The number of carboxylic acid groups (broad SMARTS) is 1. The van der Waals surface area contributed by atoms with Crippen molar-refractivity contribution in [3.05, 3.63) is 58.4 Å². The number of benzene rings is 1. The molecule has 0 radical (unpaired) electrons. The number of H-pyrrole nitrogens is 2. The van der Waals surface area contributed by atoms with Crippen LogP contribution in [0.2, 0.25) is 0 Å². The molecule has 0 unspecified atom stereocenters. The third kappa shape index (κ3) is 2.97. The second-order valence-electron chi connectivity index (χ2n) is 6.38. The van der Waals surface area contributed by atoms with Crippen molar-refractivity contribution >= 4 is 11.9 Å². The number of imidazole rings is 1. The van der Waals surface area contributed by atoms with Crippen molar-refractivity contribution in [2.75, 3.05) is 6.54 Å². The molecule has 0 bridgehead atoms. The van der Waals surface area contributed by atoms with E-state index in [0.717, 1.165) is 5.69 Å². The van der Waals surface area contributed by atoms with E-state index in [0.29, 0.717) is 35.6 Å². The number of nitrogens with zero attached hydrogens (tertiary/aromatic N) is 3. The Bertz CT molecular complexity index is 1040. The highest BCUT2D eigenvalue weighted by Crippen LogP contribution is 2.24. The number of fused-ring (bicyclic) bond motifs is 1. The van der Waals surface area contributed by atoms with Crippen molar-refractivity contribution < 1.29 is 19.1 Å². The van der Waals surface area contributed by atoms with Gasteiger partial charge in [-0.3, -0.25) is 9.89 Å². The summed E-state index contributed by atoms with van der Waals surface area (Å²) in [6, 6.07) is 5.82. The number of halogens is 1. The van der Waals surface area contributed by atoms with Crippen LogP contribution < -0.4 is 0 Å². The fourth-order valence-corrected chi connectivity index (χ4v) is 3.21. The molecule has 1 aliphatic rings. The summed E-state index contributed by atoms with van der Waals surface area (Å²) >= 11 is 0. The molecule has 0 saturated heterocycles. The van der Waals surface area contributed by atoms with Crippen molar-refractivity contribution in [3.63, 3.8) is 0 Å². The summed E-state index contributed by atoms with van der Waals surface area (Å²) in [5.74, 6) is -1.29. The van der Waals surface area contributed by atoms with Crippen LogP contribution in [-0.2, 0) is 13.0 Å². The molecule has 27 heavy (non-hydrogen) atoms. The molecule has 138 valence electrons. The lowest BCUT2D eigenvalue weighted by Gasteiger charge is -2.26. The summed E-state index contributed by atoms with van der Waals surface area (Å²) in [7, 11) is 0. The maximum absolute atomic E-state index is 13.1. The van der Waals surface area contributed by atoms with Crippen LogP contribution in [0, 0.1) is 12.7 Å². The largest absolute Gasteiger partial charge is 0.476 e. The quantitative estimate of drug-likeness (QED) is 0.654. The molecule has 0 saturated carbocycles. The molecular weight excluding hydrogens is 353 g/mol. The van der Waals surface area contributed by atoms with Crippen LogP contribution in [0.3, 0.4) is 0 Å². The smallest absolute Gasteiger partial charge is 0.356 e. The number of aryl methyl sites for hydroxylation is 1. The number of hydrogen-bond acceptors (Lipinski definition) is 4. The predicted molar refractivity (Wildman–Crippen MR) is 92.7 cm³/mol. The van der Waals surface area contributed by atoms with Crippen molar-refractivity contribution in [2.45, 2.75) is 19.9 Å². The van der Waals surface area contributed by atoms with Crippen molar-refractivity contribution in [2.24, 2.45) is 0 Å². The zero-order valence-corrected chi connectivity index (χ0v) is 14.4. The summed E-state index contributed by atoms with van der Waals surface area (Å²) in [6.07, 6.45) is 0.496. The van der Waals surface area contributed by atoms with Crippen LogP contribution in [0.15, 0.2) is 24.3 Å². The number of aromatic amines is 2. The zero-order chi connectivity index (χ0) is 19.1. The second kappa shape index (κ2) is 6.35. The number of carbonyl (C=O) groups is 2. The van der Waals surface area contributed by atoms with Crippen molar-refractivity contribution in [3.8, 4) is 11.4 Å². The van der Waals surface area contributed by atoms with Crippen LogP contribution in [-0.4, -0.2) is 48.6 Å². The van der Waals surface area contributed by atoms with Crippen molar-refractivity contribution in [1.82, 2.24) is 25.1 Å². The van der Waals surface area contributed by atoms with E-state index in [1.807, 2.05) is 0 Å². The number of nitrogens with one attached hydrogen (secondary N) is 2. The molecule has 1 aromatic carbocycles. The molecule has 9 heteroatoms. The van der Waals surface area contributed by atoms with E-state index >= 15 is 0 Å². The van der Waals surface area contributed by atoms with Gasteiger partial charge < -0.3 is 15.0 Å². The van der Waals surface area contributed by atoms with Gasteiger partial charge >= 0.3 is 5.97 Å². The van der Waals surface area contributed by atoms with Gasteiger partial charge in [0.25, 0.3) is 5.91 Å². The van der Waals surface area contributed by atoms with Gasteiger partial charge in [0.05, 0.1) is 6.54 Å². The molecule has 1 amide bonds. The van der Waals surface area contributed by atoms with Gasteiger partial charge in [-0.2, -0.15) is 5.10 Å². The first-order valence-electron chi connectivity index (χ1n) is 8.35. The van der Waals surface area contributed by atoms with Gasteiger partial charge in [-0.15, -0.1) is 0 Å². The second-order valence-corrected chi connectivity index (χ2v) is 6.38. The summed E-state index contributed by atoms with van der Waals surface area (Å²) in [5, 5.41) is 15.8. The standard InChI is InChI=1S/C18H16FN5O3/c1-9-14(21-16(20-9)10-2-4-11(19)5-3-10)17(25)24-7-6-13-12(8-24)15(18(26)27)23-22-13/h2-5H,6-8H2,1H3,(H,20,21)(H,22,23)(H,26,27). The molecule has 3 N–H and O–H groups in total. The third-order valence-electron chi connectivity index (χ3n) is 4.63.